The van der Waals surface area contributed by atoms with Crippen LogP contribution in [0.4, 0.5) is 10.1 Å². The molecule has 3 rings (SSSR count). The number of benzene rings is 1. The first kappa shape index (κ1) is 14.1. The first-order valence-corrected chi connectivity index (χ1v) is 6.88. The van der Waals surface area contributed by atoms with Gasteiger partial charge in [-0.2, -0.15) is 0 Å². The number of aromatic nitrogens is 1. The first-order chi connectivity index (χ1) is 10.1. The van der Waals surface area contributed by atoms with Gasteiger partial charge in [0.15, 0.2) is 0 Å². The molecule has 7 heteroatoms. The van der Waals surface area contributed by atoms with Crippen LogP contribution in [0.25, 0.3) is 0 Å². The van der Waals surface area contributed by atoms with E-state index in [1.165, 1.54) is 35.2 Å². The van der Waals surface area contributed by atoms with Gasteiger partial charge in [-0.1, -0.05) is 23.2 Å². The fraction of sp³-hybridized carbons (Fsp3) is 0.143. The van der Waals surface area contributed by atoms with Crippen LogP contribution < -0.4 is 9.64 Å². The summed E-state index contributed by atoms with van der Waals surface area (Å²) in [5, 5.41) is 0.384. The van der Waals surface area contributed by atoms with E-state index < -0.39 is 11.7 Å². The van der Waals surface area contributed by atoms with E-state index in [0.29, 0.717) is 18.0 Å². The lowest BCUT2D eigenvalue weighted by atomic mass is 10.2. The number of ether oxygens (including phenoxy) is 1. The average molecular weight is 327 g/mol. The number of hydrogen-bond acceptors (Lipinski definition) is 3. The van der Waals surface area contributed by atoms with Crippen molar-refractivity contribution in [3.63, 3.8) is 0 Å². The highest BCUT2D eigenvalue weighted by Crippen LogP contribution is 2.33. The minimum absolute atomic E-state index is 0.0568. The third kappa shape index (κ3) is 2.66. The lowest BCUT2D eigenvalue weighted by Gasteiger charge is -2.29. The Kier molecular flexibility index (Phi) is 3.69. The molecule has 0 saturated carbocycles. The van der Waals surface area contributed by atoms with Crippen molar-refractivity contribution < 1.29 is 13.9 Å². The van der Waals surface area contributed by atoms with Gasteiger partial charge in [0.05, 0.1) is 17.3 Å². The lowest BCUT2D eigenvalue weighted by molar-refractivity contribution is 0.0972. The van der Waals surface area contributed by atoms with Crippen LogP contribution >= 0.6 is 23.2 Å². The molecule has 0 spiro atoms. The maximum atomic E-state index is 13.2. The topological polar surface area (TPSA) is 42.4 Å². The summed E-state index contributed by atoms with van der Waals surface area (Å²) in [5.74, 6) is -0.520. The van der Waals surface area contributed by atoms with Gasteiger partial charge in [0.1, 0.15) is 29.0 Å². The monoisotopic (exact) mass is 326 g/mol. The van der Waals surface area contributed by atoms with E-state index in [9.17, 15) is 9.18 Å². The van der Waals surface area contributed by atoms with Gasteiger partial charge in [-0.15, -0.1) is 0 Å². The number of amides is 1. The predicted molar refractivity (Wildman–Crippen MR) is 77.8 cm³/mol. The Morgan fingerprint density at radius 2 is 2.10 bits per heavy atom. The first-order valence-electron chi connectivity index (χ1n) is 6.12. The zero-order valence-corrected chi connectivity index (χ0v) is 12.2. The summed E-state index contributed by atoms with van der Waals surface area (Å²) in [4.78, 5) is 18.0. The van der Waals surface area contributed by atoms with Gasteiger partial charge in [-0.3, -0.25) is 4.79 Å². The standard InChI is InChI=1S/C14H9Cl2FN2O2/c15-9-2-4-12(16)18-13(9)14(20)19-5-6-21-11-7-8(17)1-3-10(11)19/h1-4,7H,5-6H2. The molecule has 0 radical (unpaired) electrons. The quantitative estimate of drug-likeness (QED) is 0.752. The maximum Gasteiger partial charge on any atom is 0.278 e. The molecule has 0 fully saturated rings. The summed E-state index contributed by atoms with van der Waals surface area (Å²) >= 11 is 11.8. The van der Waals surface area contributed by atoms with Gasteiger partial charge in [-0.05, 0) is 24.3 Å². The number of carbonyl (C=O) groups is 1. The van der Waals surface area contributed by atoms with E-state index in [1.807, 2.05) is 0 Å². The van der Waals surface area contributed by atoms with Gasteiger partial charge >= 0.3 is 0 Å². The van der Waals surface area contributed by atoms with E-state index in [1.54, 1.807) is 0 Å². The van der Waals surface area contributed by atoms with Crippen molar-refractivity contribution >= 4 is 34.8 Å². The Labute approximate surface area is 130 Å². The molecule has 108 valence electrons. The largest absolute Gasteiger partial charge is 0.489 e. The number of rotatable bonds is 1. The van der Waals surface area contributed by atoms with Crippen LogP contribution in [-0.4, -0.2) is 24.0 Å². The highest BCUT2D eigenvalue weighted by Gasteiger charge is 2.27. The van der Waals surface area contributed by atoms with Crippen LogP contribution in [0.15, 0.2) is 30.3 Å². The molecule has 1 aliphatic rings. The maximum absolute atomic E-state index is 13.2. The van der Waals surface area contributed by atoms with Gasteiger partial charge in [0, 0.05) is 6.07 Å². The van der Waals surface area contributed by atoms with Crippen LogP contribution in [0.1, 0.15) is 10.5 Å². The fourth-order valence-corrected chi connectivity index (χ4v) is 2.43. The van der Waals surface area contributed by atoms with Crippen molar-refractivity contribution in [2.24, 2.45) is 0 Å². The minimum atomic E-state index is -0.429. The van der Waals surface area contributed by atoms with Crippen LogP contribution in [0.2, 0.25) is 10.2 Å². The Hall–Kier alpha value is -1.85. The van der Waals surface area contributed by atoms with Crippen LogP contribution in [0.3, 0.4) is 0 Å². The van der Waals surface area contributed by atoms with Crippen LogP contribution in [-0.2, 0) is 0 Å². The Bertz CT molecular complexity index is 724. The van der Waals surface area contributed by atoms with E-state index in [2.05, 4.69) is 4.98 Å². The molecule has 0 unspecified atom stereocenters. The Morgan fingerprint density at radius 1 is 1.29 bits per heavy atom. The summed E-state index contributed by atoms with van der Waals surface area (Å²) in [6.07, 6.45) is 0. The summed E-state index contributed by atoms with van der Waals surface area (Å²) in [5.41, 5.74) is 0.534. The van der Waals surface area contributed by atoms with Gasteiger partial charge in [0.2, 0.25) is 0 Å². The zero-order valence-electron chi connectivity index (χ0n) is 10.6. The van der Waals surface area contributed by atoms with E-state index in [4.69, 9.17) is 27.9 Å². The average Bonchev–Trinajstić information content (AvgIpc) is 2.48. The molecule has 0 aliphatic carbocycles. The summed E-state index contributed by atoms with van der Waals surface area (Å²) < 4.78 is 18.6. The van der Waals surface area contributed by atoms with E-state index >= 15 is 0 Å². The molecule has 0 N–H and O–H groups in total. The Balaban J connectivity index is 2.02. The number of hydrogen-bond donors (Lipinski definition) is 0. The Morgan fingerprint density at radius 3 is 2.90 bits per heavy atom. The highest BCUT2D eigenvalue weighted by atomic mass is 35.5. The molecule has 0 atom stereocenters. The van der Waals surface area contributed by atoms with E-state index in [0.717, 1.165) is 0 Å². The SMILES string of the molecule is O=C(c1nc(Cl)ccc1Cl)N1CCOc2cc(F)ccc21. The molecule has 0 saturated heterocycles. The third-order valence-corrected chi connectivity index (χ3v) is 3.56. The van der Waals surface area contributed by atoms with Gasteiger partial charge in [-0.25, -0.2) is 9.37 Å². The number of carbonyl (C=O) groups excluding carboxylic acids is 1. The molecule has 1 amide bonds. The second-order valence-electron chi connectivity index (χ2n) is 4.38. The smallest absolute Gasteiger partial charge is 0.278 e. The number of anilines is 1. The molecule has 1 aliphatic heterocycles. The van der Waals surface area contributed by atoms with Crippen molar-refractivity contribution in [1.29, 1.82) is 0 Å². The van der Waals surface area contributed by atoms with Crippen molar-refractivity contribution in [1.82, 2.24) is 4.98 Å². The molecule has 1 aromatic carbocycles. The van der Waals surface area contributed by atoms with Gasteiger partial charge in [0.25, 0.3) is 5.91 Å². The number of fused-ring (bicyclic) bond motifs is 1. The van der Waals surface area contributed by atoms with Crippen LogP contribution in [0, 0.1) is 5.82 Å². The second kappa shape index (κ2) is 5.50. The molecule has 2 aromatic rings. The van der Waals surface area contributed by atoms with Crippen molar-refractivity contribution in [3.8, 4) is 5.75 Å². The van der Waals surface area contributed by atoms with Crippen molar-refractivity contribution in [2.75, 3.05) is 18.1 Å². The zero-order chi connectivity index (χ0) is 15.0. The highest BCUT2D eigenvalue weighted by molar-refractivity contribution is 6.35. The molecule has 2 heterocycles. The minimum Gasteiger partial charge on any atom is -0.489 e. The molecule has 21 heavy (non-hydrogen) atoms. The molecular formula is C14H9Cl2FN2O2. The summed E-state index contributed by atoms with van der Waals surface area (Å²) in [6.45, 7) is 0.586. The second-order valence-corrected chi connectivity index (χ2v) is 5.18. The number of halogens is 3. The molecular weight excluding hydrogens is 318 g/mol. The molecule has 1 aromatic heterocycles. The summed E-state index contributed by atoms with van der Waals surface area (Å²) in [6, 6.07) is 7.00. The summed E-state index contributed by atoms with van der Waals surface area (Å²) in [7, 11) is 0. The predicted octanol–water partition coefficient (Wildman–Crippen LogP) is 3.57. The molecule has 0 bridgehead atoms. The lowest BCUT2D eigenvalue weighted by Crippen LogP contribution is -2.38. The number of pyridine rings is 1. The fourth-order valence-electron chi connectivity index (χ4n) is 2.10. The van der Waals surface area contributed by atoms with Crippen molar-refractivity contribution in [2.45, 2.75) is 0 Å². The van der Waals surface area contributed by atoms with E-state index in [-0.39, 0.29) is 22.5 Å². The van der Waals surface area contributed by atoms with Crippen LogP contribution in [0.5, 0.6) is 5.75 Å². The van der Waals surface area contributed by atoms with Crippen molar-refractivity contribution in [3.05, 3.63) is 52.0 Å². The number of nitrogens with zero attached hydrogens (tertiary/aromatic N) is 2. The molecule has 4 nitrogen and oxygen atoms in total. The van der Waals surface area contributed by atoms with Gasteiger partial charge < -0.3 is 9.64 Å². The normalized spacial score (nSPS) is 13.6. The third-order valence-electron chi connectivity index (χ3n) is 3.04.